The molecule has 8 aromatic heterocycles. The normalized spacial score (nSPS) is 12.9. The van der Waals surface area contributed by atoms with Gasteiger partial charge in [0.15, 0.2) is 5.16 Å². The van der Waals surface area contributed by atoms with Crippen LogP contribution in [0.25, 0.3) is 0 Å². The van der Waals surface area contributed by atoms with Gasteiger partial charge in [0, 0.05) is 205 Å². The average Bonchev–Trinajstić information content (AvgIpc) is 0.815. The molecule has 0 amide bonds. The van der Waals surface area contributed by atoms with Gasteiger partial charge in [-0.15, -0.1) is 0 Å². The number of nitrogens with zero attached hydrogens (tertiary/aromatic N) is 24. The van der Waals surface area contributed by atoms with Gasteiger partial charge in [0.05, 0.1) is 106 Å². The van der Waals surface area contributed by atoms with E-state index in [0.29, 0.717) is 135 Å². The van der Waals surface area contributed by atoms with E-state index in [4.69, 9.17) is 65.6 Å². The molecule has 4 aliphatic rings. The van der Waals surface area contributed by atoms with Crippen LogP contribution in [0.1, 0.15) is 77.1 Å². The fourth-order valence-electron chi connectivity index (χ4n) is 13.4. The van der Waals surface area contributed by atoms with Crippen molar-refractivity contribution in [3.63, 3.8) is 0 Å². The van der Waals surface area contributed by atoms with Gasteiger partial charge in [-0.1, -0.05) is 32.5 Å². The summed E-state index contributed by atoms with van der Waals surface area (Å²) < 4.78 is 95.5. The third-order valence-electron chi connectivity index (χ3n) is 19.6. The number of nitrogen functional groups attached to an aromatic ring is 4. The minimum absolute atomic E-state index is 0. The molecule has 4 fully saturated rings. The number of morpholine rings is 4. The number of unbranched alkanes of at least 4 members (excludes halogenated alkanes) is 1. The quantitative estimate of drug-likeness (QED) is 0.00486. The Morgan fingerprint density at radius 3 is 0.896 bits per heavy atom. The van der Waals surface area contributed by atoms with E-state index in [1.54, 1.807) is 95.1 Å². The Labute approximate surface area is 901 Å². The van der Waals surface area contributed by atoms with Crippen molar-refractivity contribution in [2.75, 3.05) is 245 Å². The van der Waals surface area contributed by atoms with E-state index in [9.17, 15) is 76.5 Å². The topological polar surface area (TPSA) is 677 Å². The molecule has 0 aromatic carbocycles. The van der Waals surface area contributed by atoms with Crippen LogP contribution in [0.2, 0.25) is 0 Å². The third-order valence-corrected chi connectivity index (χ3v) is 21.8. The molecule has 12 heterocycles. The average molecular weight is 2540 g/mol. The van der Waals surface area contributed by atoms with Crippen LogP contribution in [0.3, 0.4) is 0 Å². The number of aromatic nitrogens is 12. The number of rotatable bonds is 39. The summed E-state index contributed by atoms with van der Waals surface area (Å²) in [6.45, 7) is 18.4. The smallest absolute Gasteiger partial charge is 0.353 e. The van der Waals surface area contributed by atoms with Crippen molar-refractivity contribution in [2.24, 2.45) is 0 Å². The molecule has 0 atom stereocenters. The number of nitro groups is 4. The van der Waals surface area contributed by atoms with E-state index in [0.717, 1.165) is 48.1 Å². The minimum Gasteiger partial charge on any atom is -0.465 e. The molecule has 0 aliphatic carbocycles. The molecule has 0 bridgehead atoms. The number of esters is 4. The van der Waals surface area contributed by atoms with Crippen LogP contribution in [0, 0.1) is 101 Å². The molecule has 60 heteroatoms. The first-order chi connectivity index (χ1) is 64.5. The first kappa shape index (κ1) is 133. The number of nitrogens with two attached hydrogens (primary N) is 4. The van der Waals surface area contributed by atoms with Crippen molar-refractivity contribution >= 4 is 148 Å². The molecule has 12 rings (SSSR count). The molecule has 790 valence electrons. The van der Waals surface area contributed by atoms with Gasteiger partial charge in [0.1, 0.15) is 49.5 Å². The van der Waals surface area contributed by atoms with Crippen molar-refractivity contribution in [3.05, 3.63) is 166 Å². The van der Waals surface area contributed by atoms with Crippen molar-refractivity contribution in [1.29, 1.82) is 0 Å². The van der Waals surface area contributed by atoms with Gasteiger partial charge >= 0.3 is 52.6 Å². The molecule has 144 heavy (non-hydrogen) atoms. The predicted octanol–water partition coefficient (Wildman–Crippen LogP) is 6.21. The van der Waals surface area contributed by atoms with E-state index in [1.165, 1.54) is 31.4 Å². The summed E-state index contributed by atoms with van der Waals surface area (Å²) in [6, 6.07) is 14.1. The second-order valence-corrected chi connectivity index (χ2v) is 34.0. The van der Waals surface area contributed by atoms with Crippen molar-refractivity contribution < 1.29 is 188 Å². The second kappa shape index (κ2) is 65.3. The molecule has 8 aromatic rings. The minimum atomic E-state index is -3.95. The summed E-state index contributed by atoms with van der Waals surface area (Å²) in [6.07, 6.45) is 11.6. The molecule has 0 saturated carbocycles. The number of sulfone groups is 2. The van der Waals surface area contributed by atoms with Crippen molar-refractivity contribution in [3.8, 4) is 6.01 Å². The summed E-state index contributed by atoms with van der Waals surface area (Å²) in [5.74, 6) is -2.44. The molecule has 53 nitrogen and oxygen atoms in total. The fourth-order valence-corrected chi connectivity index (χ4v) is 14.8. The Balaban J connectivity index is 0.00000186. The summed E-state index contributed by atoms with van der Waals surface area (Å²) >= 11 is 1.20. The van der Waals surface area contributed by atoms with Crippen LogP contribution in [0.15, 0.2) is 88.8 Å². The van der Waals surface area contributed by atoms with Crippen LogP contribution < -0.4 is 66.9 Å². The van der Waals surface area contributed by atoms with Crippen LogP contribution in [-0.4, -0.2) is 303 Å². The Kier molecular flexibility index (Phi) is 60.2. The number of pyridine rings is 4. The molecule has 0 spiro atoms. The number of anilines is 12. The fraction of sp³-hybridized carbons (Fsp3) is 0.476. The van der Waals surface area contributed by atoms with Crippen LogP contribution in [0.4, 0.5) is 92.6 Å². The predicted molar refractivity (Wildman–Crippen MR) is 523 cm³/mol. The van der Waals surface area contributed by atoms with Crippen LogP contribution in [0.5, 0.6) is 6.01 Å². The second-order valence-electron chi connectivity index (χ2n) is 29.4. The van der Waals surface area contributed by atoms with E-state index in [2.05, 4.69) is 69.6 Å². The zero-order valence-electron chi connectivity index (χ0n) is 81.1. The first-order valence-corrected chi connectivity index (χ1v) is 47.1. The van der Waals surface area contributed by atoms with Gasteiger partial charge in [-0.25, -0.2) is 36.8 Å². The van der Waals surface area contributed by atoms with Crippen LogP contribution in [-0.2, 0) is 161 Å². The van der Waals surface area contributed by atoms with E-state index in [-0.39, 0.29) is 227 Å². The number of carbonyl (C=O) groups excluding carboxylic acids is 4. The van der Waals surface area contributed by atoms with Crippen LogP contribution >= 0.6 is 11.8 Å². The van der Waals surface area contributed by atoms with Gasteiger partial charge in [-0.05, 0) is 111 Å². The number of ether oxygens (including phenoxy) is 9. The zero-order chi connectivity index (χ0) is 98.1. The molecular weight excluding hydrogens is 2420 g/mol. The summed E-state index contributed by atoms with van der Waals surface area (Å²) in [5, 5.41) is 46.0. The Morgan fingerprint density at radius 1 is 0.417 bits per heavy atom. The third kappa shape index (κ3) is 39.6. The maximum atomic E-state index is 12.4. The molecule has 2 radical (unpaired) electrons. The maximum Gasteiger partial charge on any atom is 0.353 e. The van der Waals surface area contributed by atoms with Gasteiger partial charge in [0.2, 0.25) is 66.2 Å². The molecule has 8 N–H and O–H groups in total. The monoisotopic (exact) mass is 2540 g/mol. The number of hydrogen-bond donors (Lipinski definition) is 4. The first-order valence-electron chi connectivity index (χ1n) is 42.1. The van der Waals surface area contributed by atoms with Crippen molar-refractivity contribution in [1.82, 2.24) is 59.8 Å². The molecule has 4 aliphatic heterocycles. The number of thioether (sulfide) groups is 1. The van der Waals surface area contributed by atoms with E-state index >= 15 is 0 Å². The van der Waals surface area contributed by atoms with E-state index < -0.39 is 133 Å². The summed E-state index contributed by atoms with van der Waals surface area (Å²) in [4.78, 5) is 156. The van der Waals surface area contributed by atoms with Gasteiger partial charge in [0.25, 0.3) is 10.3 Å². The van der Waals surface area contributed by atoms with Gasteiger partial charge in [-0.3, -0.25) is 59.6 Å². The van der Waals surface area contributed by atoms with E-state index in [1.807, 2.05) is 28.9 Å². The molecule has 0 unspecified atom stereocenters. The largest absolute Gasteiger partial charge is 0.465 e. The number of hydrogen-bond acceptors (Lipinski definition) is 50. The molecular formula is C84H122N28O25S3UV2W-4. The van der Waals surface area contributed by atoms with Gasteiger partial charge < -0.3 is 134 Å². The summed E-state index contributed by atoms with van der Waals surface area (Å²) in [7, 11) is -7.91. The summed E-state index contributed by atoms with van der Waals surface area (Å²) in [5.41, 5.74) is 23.7. The maximum absolute atomic E-state index is 12.4. The SMILES string of the molecule is C.CCCCOc1nc(N)c([N+](=O)[O-])c(N(CC(=O)OCC)Cc2ccnc(N3CCOCC3)c2)n1.CCOC(=O)CN(Cc1ccnc(N2CCOCC2)c1)c1nc(S(C)(=O)=O)nc(N)c1[N+](=O)[O-].CCOC(=O)CN(Cc1ccnc(N2CCOCC2)c1)c1nc(S(C)(=O)=O)nc(N)c1[N+](=O)[O-].CCOC(=O)CN(Cc1ccnc(N2CCOCC2)c1)c1nc(SC)nc(N)c1[N+](=O)[O-].[CH3-].[CH3-].[CH3-].[CH3-].[U].[V].[V].[W]. The Bertz CT molecular complexity index is 5540. The van der Waals surface area contributed by atoms with Gasteiger partial charge in [-0.2, -0.15) is 39.9 Å². The molecule has 4 saturated heterocycles. The Morgan fingerprint density at radius 2 is 0.660 bits per heavy atom. The zero-order valence-corrected chi connectivity index (χ0v) is 93.5. The van der Waals surface area contributed by atoms with Crippen molar-refractivity contribution in [2.45, 2.75) is 96.5 Å². The number of carbonyl (C=O) groups is 4. The standard InChI is InChI=1S/C22H31N7O6.2C19H25N7O7S.C19H25N7O5S.CH4.4CH3.U.2V.W/c1-3-5-10-35-22-25-20(23)19(29(31)32)21(26-22)28(15-18(30)34-4-2)14-16-6-7-24-17(13-16)27-8-11-33-12-9-27;2*1-3-33-15(27)12-25(11-13-4-5-21-14(10-13)24-6-8-32-9-7-24)18-16(26(28)29)17(20)22-19(23-18)34(2,30)31;1-3-31-15(27)12-25(18-16(26(28)29)17(20)22-19(23-18)32-2)11-13-4-5-21-14(10-13)24-6-8-30-9-7-24;;;;;;;;;/h6-7,13H,3-5,8-12,14-15H2,1-2H3,(H2,23,25,26);2*4-5,10H,3,6-9,11-12H2,1-2H3,(H2,20,22,23);4-5,10H,3,6-9,11-12H2,1-2H3,(H2,20,22,23);1H4;4*1H3;;;;/q;;;;;4*-1;;;;. The Hall–Kier alpha value is -11.2.